The Morgan fingerprint density at radius 3 is 3.04 bits per heavy atom. The molecule has 3 rings (SSSR count). The molecule has 0 aliphatic heterocycles. The number of rotatable bonds is 8. The molecule has 25 heavy (non-hydrogen) atoms. The first-order valence-electron chi connectivity index (χ1n) is 7.94. The van der Waals surface area contributed by atoms with E-state index in [2.05, 4.69) is 26.9 Å². The predicted molar refractivity (Wildman–Crippen MR) is 94.5 cm³/mol. The van der Waals surface area contributed by atoms with Crippen LogP contribution in [-0.2, 0) is 17.6 Å². The number of aromatic nitrogens is 2. The molecule has 1 atom stereocenters. The van der Waals surface area contributed by atoms with E-state index < -0.39 is 0 Å². The average molecular weight is 357 g/mol. The molecule has 7 heteroatoms. The fourth-order valence-electron chi connectivity index (χ4n) is 2.49. The van der Waals surface area contributed by atoms with Crippen molar-refractivity contribution in [3.05, 3.63) is 64.3 Å². The van der Waals surface area contributed by atoms with E-state index >= 15 is 0 Å². The molecule has 1 unspecified atom stereocenters. The number of nitrogens with zero attached hydrogens (tertiary/aromatic N) is 2. The van der Waals surface area contributed by atoms with Gasteiger partial charge in [-0.1, -0.05) is 6.07 Å². The number of nitrogens with one attached hydrogen (secondary N) is 1. The summed E-state index contributed by atoms with van der Waals surface area (Å²) in [6, 6.07) is 7.51. The average Bonchev–Trinajstić information content (AvgIpc) is 3.32. The Kier molecular flexibility index (Phi) is 5.79. The summed E-state index contributed by atoms with van der Waals surface area (Å²) < 4.78 is 10.1. The number of pyridine rings is 1. The molecule has 3 aromatic heterocycles. The van der Waals surface area contributed by atoms with Gasteiger partial charge in [-0.15, -0.1) is 0 Å². The van der Waals surface area contributed by atoms with Crippen LogP contribution in [-0.4, -0.2) is 23.2 Å². The van der Waals surface area contributed by atoms with Crippen LogP contribution in [0.1, 0.15) is 29.3 Å². The zero-order valence-corrected chi connectivity index (χ0v) is 14.7. The van der Waals surface area contributed by atoms with E-state index in [0.717, 1.165) is 12.0 Å². The summed E-state index contributed by atoms with van der Waals surface area (Å²) in [4.78, 5) is 16.5. The number of carbonyl (C=O) groups is 1. The van der Waals surface area contributed by atoms with E-state index in [1.165, 1.54) is 12.7 Å². The van der Waals surface area contributed by atoms with Crippen LogP contribution >= 0.6 is 11.3 Å². The molecule has 130 valence electrons. The number of carbonyl (C=O) groups excluding carboxylic acids is 1. The highest BCUT2D eigenvalue weighted by atomic mass is 32.1. The molecule has 6 nitrogen and oxygen atoms in total. The van der Waals surface area contributed by atoms with Gasteiger partial charge in [-0.2, -0.15) is 11.3 Å². The van der Waals surface area contributed by atoms with Crippen LogP contribution in [0.15, 0.2) is 51.9 Å². The third-order valence-electron chi connectivity index (χ3n) is 3.79. The van der Waals surface area contributed by atoms with Crippen molar-refractivity contribution in [1.29, 1.82) is 0 Å². The van der Waals surface area contributed by atoms with Crippen molar-refractivity contribution in [2.75, 3.05) is 7.11 Å². The highest BCUT2D eigenvalue weighted by Gasteiger charge is 2.16. The van der Waals surface area contributed by atoms with Crippen molar-refractivity contribution >= 4 is 17.2 Å². The fourth-order valence-corrected chi connectivity index (χ4v) is 3.17. The molecule has 0 fully saturated rings. The molecule has 0 saturated carbocycles. The van der Waals surface area contributed by atoms with Gasteiger partial charge in [-0.25, -0.2) is 0 Å². The Morgan fingerprint density at radius 1 is 1.44 bits per heavy atom. The van der Waals surface area contributed by atoms with E-state index in [1.54, 1.807) is 29.8 Å². The smallest absolute Gasteiger partial charge is 0.254 e. The van der Waals surface area contributed by atoms with Crippen LogP contribution in [0.25, 0.3) is 0 Å². The molecule has 0 radical (unpaired) electrons. The van der Waals surface area contributed by atoms with Gasteiger partial charge in [0.15, 0.2) is 0 Å². The number of amides is 1. The largest absolute Gasteiger partial charge is 0.479 e. The Hall–Kier alpha value is -2.67. The Morgan fingerprint density at radius 2 is 2.36 bits per heavy atom. The van der Waals surface area contributed by atoms with Crippen LogP contribution < -0.4 is 10.1 Å². The number of thiophene rings is 1. The Balaban J connectivity index is 1.61. The number of hydrogen-bond acceptors (Lipinski definition) is 6. The third-order valence-corrected chi connectivity index (χ3v) is 4.52. The van der Waals surface area contributed by atoms with E-state index in [-0.39, 0.29) is 11.9 Å². The van der Waals surface area contributed by atoms with Crippen molar-refractivity contribution in [1.82, 2.24) is 15.5 Å². The molecule has 0 spiro atoms. The first-order valence-corrected chi connectivity index (χ1v) is 8.89. The van der Waals surface area contributed by atoms with Crippen molar-refractivity contribution in [2.24, 2.45) is 0 Å². The number of aryl methyl sites for hydroxylation is 1. The minimum Gasteiger partial charge on any atom is -0.479 e. The first kappa shape index (κ1) is 17.2. The summed E-state index contributed by atoms with van der Waals surface area (Å²) in [5.74, 6) is 1.00. The second-order valence-corrected chi connectivity index (χ2v) is 6.36. The molecular formula is C18H19N3O3S. The lowest BCUT2D eigenvalue weighted by Gasteiger charge is -2.18. The monoisotopic (exact) mass is 357 g/mol. The van der Waals surface area contributed by atoms with Gasteiger partial charge < -0.3 is 14.6 Å². The molecule has 1 N–H and O–H groups in total. The molecule has 3 aromatic rings. The molecule has 0 bridgehead atoms. The molecule has 1 amide bonds. The second-order valence-electron chi connectivity index (χ2n) is 5.58. The van der Waals surface area contributed by atoms with Gasteiger partial charge in [0.05, 0.1) is 13.2 Å². The minimum absolute atomic E-state index is 0.0422. The van der Waals surface area contributed by atoms with Crippen molar-refractivity contribution < 1.29 is 14.1 Å². The summed E-state index contributed by atoms with van der Waals surface area (Å²) >= 11 is 1.65. The van der Waals surface area contributed by atoms with Gasteiger partial charge in [-0.05, 0) is 45.6 Å². The zero-order chi connectivity index (χ0) is 17.5. The summed E-state index contributed by atoms with van der Waals surface area (Å²) in [5, 5.41) is 11.0. The van der Waals surface area contributed by atoms with Gasteiger partial charge in [0.25, 0.3) is 5.88 Å². The van der Waals surface area contributed by atoms with E-state index in [9.17, 15) is 4.79 Å². The number of methoxy groups -OCH3 is 1. The fraction of sp³-hybridized carbons (Fsp3) is 0.278. The van der Waals surface area contributed by atoms with Crippen LogP contribution in [0.3, 0.4) is 0 Å². The van der Waals surface area contributed by atoms with Gasteiger partial charge in [-0.3, -0.25) is 9.78 Å². The van der Waals surface area contributed by atoms with Crippen LogP contribution in [0, 0.1) is 0 Å². The third kappa shape index (κ3) is 4.90. The Labute approximate surface area is 149 Å². The van der Waals surface area contributed by atoms with Crippen molar-refractivity contribution in [3.8, 4) is 5.88 Å². The Bertz CT molecular complexity index is 787. The lowest BCUT2D eigenvalue weighted by atomic mass is 10.0. The molecule has 0 aliphatic carbocycles. The molecule has 3 heterocycles. The maximum Gasteiger partial charge on any atom is 0.254 e. The van der Waals surface area contributed by atoms with Gasteiger partial charge in [0, 0.05) is 31.3 Å². The minimum atomic E-state index is -0.111. The highest BCUT2D eigenvalue weighted by Crippen LogP contribution is 2.20. The SMILES string of the molecule is COc1cc(CCC(=O)NC(Cc2ccsc2)c2cccnc2)on1. The lowest BCUT2D eigenvalue weighted by molar-refractivity contribution is -0.121. The van der Waals surface area contributed by atoms with Crippen LogP contribution in [0.4, 0.5) is 0 Å². The summed E-state index contributed by atoms with van der Waals surface area (Å²) in [6.45, 7) is 0. The van der Waals surface area contributed by atoms with E-state index in [0.29, 0.717) is 24.5 Å². The zero-order valence-electron chi connectivity index (χ0n) is 13.8. The number of hydrogen-bond donors (Lipinski definition) is 1. The highest BCUT2D eigenvalue weighted by molar-refractivity contribution is 7.07. The van der Waals surface area contributed by atoms with Gasteiger partial charge in [0.1, 0.15) is 5.76 Å². The van der Waals surface area contributed by atoms with Crippen LogP contribution in [0.2, 0.25) is 0 Å². The maximum absolute atomic E-state index is 12.4. The molecule has 0 aliphatic rings. The second kappa shape index (κ2) is 8.43. The van der Waals surface area contributed by atoms with Crippen molar-refractivity contribution in [2.45, 2.75) is 25.3 Å². The summed E-state index contributed by atoms with van der Waals surface area (Å²) in [7, 11) is 1.53. The first-order chi connectivity index (χ1) is 12.2. The van der Waals surface area contributed by atoms with Gasteiger partial charge in [0.2, 0.25) is 5.91 Å². The van der Waals surface area contributed by atoms with Crippen LogP contribution in [0.5, 0.6) is 5.88 Å². The molecule has 0 aromatic carbocycles. The lowest BCUT2D eigenvalue weighted by Crippen LogP contribution is -2.30. The standard InChI is InChI=1S/C18H19N3O3S/c1-23-18-10-15(24-21-18)4-5-17(22)20-16(9-13-6-8-25-12-13)14-3-2-7-19-11-14/h2-3,6-8,10-12,16H,4-5,9H2,1H3,(H,20,22). The molecule has 0 saturated heterocycles. The van der Waals surface area contributed by atoms with E-state index in [4.69, 9.17) is 9.26 Å². The normalized spacial score (nSPS) is 11.9. The quantitative estimate of drug-likeness (QED) is 0.670. The molecular weight excluding hydrogens is 338 g/mol. The van der Waals surface area contributed by atoms with Gasteiger partial charge >= 0.3 is 0 Å². The summed E-state index contributed by atoms with van der Waals surface area (Å²) in [6.07, 6.45) is 5.04. The predicted octanol–water partition coefficient (Wildman–Crippen LogP) is 3.17. The number of ether oxygens (including phenoxy) is 1. The van der Waals surface area contributed by atoms with Crippen molar-refractivity contribution in [3.63, 3.8) is 0 Å². The topological polar surface area (TPSA) is 77.2 Å². The maximum atomic E-state index is 12.4. The summed E-state index contributed by atoms with van der Waals surface area (Å²) in [5.41, 5.74) is 2.18. The van der Waals surface area contributed by atoms with E-state index in [1.807, 2.05) is 17.5 Å².